The summed E-state index contributed by atoms with van der Waals surface area (Å²) < 4.78 is 3.38. The maximum Gasteiger partial charge on any atom is 0.248 e. The second-order valence-electron chi connectivity index (χ2n) is 7.06. The van der Waals surface area contributed by atoms with Crippen molar-refractivity contribution >= 4 is 29.2 Å². The van der Waals surface area contributed by atoms with E-state index in [0.717, 1.165) is 21.8 Å². The van der Waals surface area contributed by atoms with Crippen LogP contribution in [0.3, 0.4) is 0 Å². The number of para-hydroxylation sites is 1. The molecule has 1 aliphatic heterocycles. The summed E-state index contributed by atoms with van der Waals surface area (Å²) in [5.74, 6) is -0.0538. The van der Waals surface area contributed by atoms with Crippen molar-refractivity contribution < 1.29 is 4.79 Å². The van der Waals surface area contributed by atoms with Gasteiger partial charge >= 0.3 is 0 Å². The minimum absolute atomic E-state index is 0.0396. The molecular weight excluding hydrogens is 318 g/mol. The zero-order valence-corrected chi connectivity index (χ0v) is 15.1. The number of hydrogen-bond donors (Lipinski definition) is 2. The van der Waals surface area contributed by atoms with Gasteiger partial charge in [-0.15, -0.1) is 0 Å². The number of hydrogen-bond acceptors (Lipinski definition) is 4. The molecule has 2 aromatic rings. The number of fused-ring (bicyclic) bond motifs is 1. The van der Waals surface area contributed by atoms with Crippen LogP contribution in [0, 0.1) is 0 Å². The molecule has 2 aromatic carbocycles. The molecule has 0 fully saturated rings. The lowest BCUT2D eigenvalue weighted by atomic mass is 9.97. The first-order valence-corrected chi connectivity index (χ1v) is 8.88. The van der Waals surface area contributed by atoms with Crippen LogP contribution < -0.4 is 15.4 Å². The Hall–Kier alpha value is -1.82. The van der Waals surface area contributed by atoms with E-state index in [1.807, 2.05) is 48.5 Å². The third-order valence-electron chi connectivity index (χ3n) is 3.78. The summed E-state index contributed by atoms with van der Waals surface area (Å²) in [7, 11) is 0. The largest absolute Gasteiger partial charge is 0.320 e. The van der Waals surface area contributed by atoms with E-state index in [1.54, 1.807) is 16.8 Å². The Balaban J connectivity index is 1.87. The highest BCUT2D eigenvalue weighted by Crippen LogP contribution is 2.34. The number of benzene rings is 2. The molecule has 1 atom stereocenters. The van der Waals surface area contributed by atoms with Crippen molar-refractivity contribution in [2.24, 2.45) is 5.73 Å². The van der Waals surface area contributed by atoms with Crippen LogP contribution in [0.2, 0.25) is 0 Å². The lowest BCUT2D eigenvalue weighted by Gasteiger charge is -2.32. The SMILES string of the molecule is CC(C)(C)NSc1ccc(N2C(=O)C(N)Cc3ccccc32)cc1. The Morgan fingerprint density at radius 1 is 1.12 bits per heavy atom. The number of amides is 1. The summed E-state index contributed by atoms with van der Waals surface area (Å²) in [6, 6.07) is 15.4. The summed E-state index contributed by atoms with van der Waals surface area (Å²) in [4.78, 5) is 15.5. The Morgan fingerprint density at radius 3 is 2.46 bits per heavy atom. The average molecular weight is 341 g/mol. The van der Waals surface area contributed by atoms with Gasteiger partial charge in [-0.3, -0.25) is 14.4 Å². The first-order chi connectivity index (χ1) is 11.3. The minimum Gasteiger partial charge on any atom is -0.320 e. The lowest BCUT2D eigenvalue weighted by Crippen LogP contribution is -2.46. The average Bonchev–Trinajstić information content (AvgIpc) is 2.54. The first kappa shape index (κ1) is 17.0. The quantitative estimate of drug-likeness (QED) is 0.837. The van der Waals surface area contributed by atoms with Gasteiger partial charge in [0.15, 0.2) is 0 Å². The van der Waals surface area contributed by atoms with Crippen LogP contribution in [0.1, 0.15) is 26.3 Å². The van der Waals surface area contributed by atoms with Gasteiger partial charge in [-0.05, 0) is 75.0 Å². The molecule has 1 amide bonds. The summed E-state index contributed by atoms with van der Waals surface area (Å²) in [6.45, 7) is 6.37. The zero-order chi connectivity index (χ0) is 17.3. The topological polar surface area (TPSA) is 58.4 Å². The Morgan fingerprint density at radius 2 is 1.79 bits per heavy atom. The Bertz CT molecular complexity index is 737. The Labute approximate surface area is 147 Å². The van der Waals surface area contributed by atoms with Crippen molar-refractivity contribution in [1.29, 1.82) is 0 Å². The third-order valence-corrected chi connectivity index (χ3v) is 5.00. The molecule has 0 aliphatic carbocycles. The predicted octanol–water partition coefficient (Wildman–Crippen LogP) is 3.63. The highest BCUT2D eigenvalue weighted by Gasteiger charge is 2.31. The monoisotopic (exact) mass is 341 g/mol. The van der Waals surface area contributed by atoms with Crippen molar-refractivity contribution in [2.75, 3.05) is 4.90 Å². The molecule has 24 heavy (non-hydrogen) atoms. The summed E-state index contributed by atoms with van der Waals surface area (Å²) in [5, 5.41) is 0. The van der Waals surface area contributed by atoms with Gasteiger partial charge in [-0.25, -0.2) is 0 Å². The molecule has 4 nitrogen and oxygen atoms in total. The molecular formula is C19H23N3OS. The van der Waals surface area contributed by atoms with E-state index in [2.05, 4.69) is 25.5 Å². The van der Waals surface area contributed by atoms with E-state index in [9.17, 15) is 4.79 Å². The molecule has 0 radical (unpaired) electrons. The zero-order valence-electron chi connectivity index (χ0n) is 14.2. The molecule has 3 rings (SSSR count). The standard InChI is InChI=1S/C19H23N3OS/c1-19(2,3)21-24-15-10-8-14(9-11-15)22-17-7-5-4-6-13(17)12-16(20)18(22)23/h4-11,16,21H,12,20H2,1-3H3. The van der Waals surface area contributed by atoms with Gasteiger partial charge in [0.2, 0.25) is 5.91 Å². The van der Waals surface area contributed by atoms with Gasteiger partial charge in [-0.1, -0.05) is 18.2 Å². The highest BCUT2D eigenvalue weighted by molar-refractivity contribution is 7.97. The molecule has 0 aromatic heterocycles. The number of nitrogens with one attached hydrogen (secondary N) is 1. The van der Waals surface area contributed by atoms with E-state index in [-0.39, 0.29) is 11.4 Å². The van der Waals surface area contributed by atoms with E-state index >= 15 is 0 Å². The van der Waals surface area contributed by atoms with Crippen LogP contribution in [0.4, 0.5) is 11.4 Å². The van der Waals surface area contributed by atoms with Crippen molar-refractivity contribution in [3.05, 3.63) is 54.1 Å². The van der Waals surface area contributed by atoms with E-state index in [1.165, 1.54) is 0 Å². The maximum absolute atomic E-state index is 12.6. The Kier molecular flexibility index (Phi) is 4.67. The summed E-state index contributed by atoms with van der Waals surface area (Å²) in [5.41, 5.74) is 8.97. The van der Waals surface area contributed by atoms with Crippen molar-refractivity contribution in [2.45, 2.75) is 43.7 Å². The second kappa shape index (κ2) is 6.59. The molecule has 5 heteroatoms. The molecule has 1 unspecified atom stereocenters. The van der Waals surface area contributed by atoms with Crippen LogP contribution in [-0.2, 0) is 11.2 Å². The predicted molar refractivity (Wildman–Crippen MR) is 100 cm³/mol. The number of nitrogens with two attached hydrogens (primary N) is 1. The van der Waals surface area contributed by atoms with Crippen molar-refractivity contribution in [3.63, 3.8) is 0 Å². The number of carbonyl (C=O) groups excluding carboxylic acids is 1. The lowest BCUT2D eigenvalue weighted by molar-refractivity contribution is -0.119. The molecule has 1 aliphatic rings. The molecule has 3 N–H and O–H groups in total. The molecule has 1 heterocycles. The van der Waals surface area contributed by atoms with Crippen LogP contribution in [0.15, 0.2) is 53.4 Å². The van der Waals surface area contributed by atoms with Crippen LogP contribution >= 0.6 is 11.9 Å². The minimum atomic E-state index is -0.489. The highest BCUT2D eigenvalue weighted by atomic mass is 32.2. The van der Waals surface area contributed by atoms with Crippen molar-refractivity contribution in [1.82, 2.24) is 4.72 Å². The number of nitrogens with zero attached hydrogens (tertiary/aromatic N) is 1. The van der Waals surface area contributed by atoms with E-state index < -0.39 is 6.04 Å². The number of rotatable bonds is 3. The molecule has 0 bridgehead atoms. The maximum atomic E-state index is 12.6. The molecule has 0 saturated carbocycles. The smallest absolute Gasteiger partial charge is 0.248 e. The van der Waals surface area contributed by atoms with E-state index in [4.69, 9.17) is 5.73 Å². The molecule has 126 valence electrons. The first-order valence-electron chi connectivity index (χ1n) is 8.07. The van der Waals surface area contributed by atoms with Crippen LogP contribution in [0.25, 0.3) is 0 Å². The van der Waals surface area contributed by atoms with Crippen molar-refractivity contribution in [3.8, 4) is 0 Å². The van der Waals surface area contributed by atoms with Gasteiger partial charge in [-0.2, -0.15) is 0 Å². The summed E-state index contributed by atoms with van der Waals surface area (Å²) >= 11 is 1.59. The normalized spacial score (nSPS) is 17.8. The molecule has 0 saturated heterocycles. The fourth-order valence-corrected chi connectivity index (χ4v) is 3.35. The van der Waals surface area contributed by atoms with Gasteiger partial charge in [0.25, 0.3) is 0 Å². The van der Waals surface area contributed by atoms with Gasteiger partial charge < -0.3 is 5.73 Å². The van der Waals surface area contributed by atoms with Gasteiger partial charge in [0.1, 0.15) is 0 Å². The van der Waals surface area contributed by atoms with Gasteiger partial charge in [0, 0.05) is 16.1 Å². The van der Waals surface area contributed by atoms with Crippen LogP contribution in [-0.4, -0.2) is 17.5 Å². The third kappa shape index (κ3) is 3.64. The fraction of sp³-hybridized carbons (Fsp3) is 0.316. The number of anilines is 2. The van der Waals surface area contributed by atoms with Gasteiger partial charge in [0.05, 0.1) is 11.7 Å². The van der Waals surface area contributed by atoms with E-state index in [0.29, 0.717) is 6.42 Å². The number of carbonyl (C=O) groups is 1. The molecule has 0 spiro atoms. The van der Waals surface area contributed by atoms with Crippen LogP contribution in [0.5, 0.6) is 0 Å². The summed E-state index contributed by atoms with van der Waals surface area (Å²) in [6.07, 6.45) is 0.592. The second-order valence-corrected chi connectivity index (χ2v) is 7.94. The fourth-order valence-electron chi connectivity index (χ4n) is 2.65.